The quantitative estimate of drug-likeness (QED) is 0.258. The van der Waals surface area contributed by atoms with Crippen molar-refractivity contribution in [2.24, 2.45) is 0 Å². The zero-order chi connectivity index (χ0) is 24.4. The number of nitriles is 1. The van der Waals surface area contributed by atoms with Crippen LogP contribution in [0.2, 0.25) is 0 Å². The minimum Gasteiger partial charge on any atom is -0.384 e. The van der Waals surface area contributed by atoms with Gasteiger partial charge in [0.1, 0.15) is 16.7 Å². The Morgan fingerprint density at radius 2 is 1.82 bits per heavy atom. The Morgan fingerprint density at radius 3 is 2.39 bits per heavy atom. The molecule has 33 heavy (non-hydrogen) atoms. The molecule has 4 nitrogen and oxygen atoms in total. The summed E-state index contributed by atoms with van der Waals surface area (Å²) in [7, 11) is -4.34. The van der Waals surface area contributed by atoms with Crippen molar-refractivity contribution in [3.05, 3.63) is 94.6 Å². The highest BCUT2D eigenvalue weighted by molar-refractivity contribution is 8.05. The van der Waals surface area contributed by atoms with Gasteiger partial charge >= 0.3 is 16.3 Å². The van der Waals surface area contributed by atoms with Gasteiger partial charge in [-0.3, -0.25) is 0 Å². The minimum atomic E-state index is -4.57. The van der Waals surface area contributed by atoms with Crippen LogP contribution < -0.4 is 0 Å². The average molecular weight is 492 g/mol. The second kappa shape index (κ2) is 9.12. The summed E-state index contributed by atoms with van der Waals surface area (Å²) < 4.78 is 67.6. The maximum absolute atomic E-state index is 12.7. The summed E-state index contributed by atoms with van der Waals surface area (Å²) in [6.07, 6.45) is -0.793. The van der Waals surface area contributed by atoms with Crippen LogP contribution in [0, 0.1) is 18.3 Å². The van der Waals surface area contributed by atoms with Gasteiger partial charge < -0.3 is 4.18 Å². The number of allylic oxidation sites excluding steroid dienone is 3. The van der Waals surface area contributed by atoms with Gasteiger partial charge in [-0.05, 0) is 55.3 Å². The van der Waals surface area contributed by atoms with Crippen LogP contribution in [0.25, 0.3) is 5.57 Å². The molecule has 0 fully saturated rings. The highest BCUT2D eigenvalue weighted by atomic mass is 32.2. The predicted octanol–water partition coefficient (Wildman–Crippen LogP) is 6.62. The molecule has 0 N–H and O–H groups in total. The lowest BCUT2D eigenvalue weighted by atomic mass is 10.0. The molecule has 3 rings (SSSR count). The van der Waals surface area contributed by atoms with E-state index in [0.717, 1.165) is 28.2 Å². The zero-order valence-corrected chi connectivity index (χ0v) is 19.4. The van der Waals surface area contributed by atoms with Crippen LogP contribution >= 0.6 is 11.8 Å². The maximum atomic E-state index is 12.7. The largest absolute Gasteiger partial charge is 0.416 e. The third kappa shape index (κ3) is 5.70. The van der Waals surface area contributed by atoms with Gasteiger partial charge in [0.15, 0.2) is 0 Å². The fourth-order valence-electron chi connectivity index (χ4n) is 3.34. The van der Waals surface area contributed by atoms with Crippen LogP contribution in [-0.4, -0.2) is 13.2 Å². The van der Waals surface area contributed by atoms with Gasteiger partial charge in [0, 0.05) is 16.1 Å². The monoisotopic (exact) mass is 491 g/mol. The number of aryl methyl sites for hydroxylation is 1. The minimum absolute atomic E-state index is 0.0646. The lowest BCUT2D eigenvalue weighted by Crippen LogP contribution is -2.17. The normalized spacial score (nSPS) is 19.8. The Bertz CT molecular complexity index is 1290. The molecule has 0 bridgehead atoms. The van der Waals surface area contributed by atoms with E-state index in [1.165, 1.54) is 11.8 Å². The lowest BCUT2D eigenvalue weighted by molar-refractivity contribution is -0.137. The highest BCUT2D eigenvalue weighted by Gasteiger charge is 2.33. The summed E-state index contributed by atoms with van der Waals surface area (Å²) in [5, 5.41) is 9.72. The number of thioether (sulfide) groups is 1. The molecule has 2 aromatic carbocycles. The number of hydrogen-bond acceptors (Lipinski definition) is 5. The number of halogens is 3. The molecule has 0 aliphatic carbocycles. The molecule has 172 valence electrons. The fraction of sp³-hybridized carbons (Fsp3) is 0.208. The molecule has 1 unspecified atom stereocenters. The second-order valence-corrected chi connectivity index (χ2v) is 10.8. The van der Waals surface area contributed by atoms with Gasteiger partial charge in [-0.15, -0.1) is 11.8 Å². The number of rotatable bonds is 6. The molecule has 1 heterocycles. The smallest absolute Gasteiger partial charge is 0.384 e. The molecule has 9 heteroatoms. The van der Waals surface area contributed by atoms with Crippen LogP contribution in [0.15, 0.2) is 82.8 Å². The Morgan fingerprint density at radius 1 is 1.18 bits per heavy atom. The SMILES string of the molecule is C=C(CC1(C)C=C/C(=C(/C#N)c2ccccc2C)S1)OS(=O)(=O)c1ccc(C(F)(F)F)cc1. The van der Waals surface area contributed by atoms with Gasteiger partial charge in [-0.1, -0.05) is 36.9 Å². The molecule has 0 aromatic heterocycles. The van der Waals surface area contributed by atoms with Gasteiger partial charge in [-0.2, -0.15) is 26.9 Å². The molecule has 0 spiro atoms. The Kier molecular flexibility index (Phi) is 6.82. The summed E-state index contributed by atoms with van der Waals surface area (Å²) in [5.74, 6) is -0.0646. The molecule has 1 atom stereocenters. The molecule has 1 aliphatic rings. The number of benzene rings is 2. The molecule has 0 amide bonds. The Hall–Kier alpha value is -2.96. The summed E-state index contributed by atoms with van der Waals surface area (Å²) in [4.78, 5) is 0.344. The van der Waals surface area contributed by atoms with Crippen molar-refractivity contribution in [3.8, 4) is 6.07 Å². The van der Waals surface area contributed by atoms with E-state index in [-0.39, 0.29) is 12.2 Å². The first-order valence-corrected chi connectivity index (χ1v) is 12.0. The first-order chi connectivity index (χ1) is 15.3. The Labute approximate surface area is 195 Å². The second-order valence-electron chi connectivity index (χ2n) is 7.69. The maximum Gasteiger partial charge on any atom is 0.416 e. The first kappa shape index (κ1) is 24.7. The van der Waals surface area contributed by atoms with Crippen LogP contribution in [0.5, 0.6) is 0 Å². The third-order valence-electron chi connectivity index (χ3n) is 4.95. The lowest BCUT2D eigenvalue weighted by Gasteiger charge is -2.22. The van der Waals surface area contributed by atoms with Crippen molar-refractivity contribution >= 4 is 27.5 Å². The molecular formula is C24H20F3NO3S2. The number of nitrogens with zero attached hydrogens (tertiary/aromatic N) is 1. The van der Waals surface area contributed by atoms with E-state index < -0.39 is 31.5 Å². The highest BCUT2D eigenvalue weighted by Crippen LogP contribution is 2.47. The summed E-state index contributed by atoms with van der Waals surface area (Å²) in [5.41, 5.74) is 1.33. The van der Waals surface area contributed by atoms with Crippen molar-refractivity contribution in [2.75, 3.05) is 0 Å². The van der Waals surface area contributed by atoms with Crippen LogP contribution in [0.3, 0.4) is 0 Å². The number of alkyl halides is 3. The van der Waals surface area contributed by atoms with Gasteiger partial charge in [0.2, 0.25) is 0 Å². The Balaban J connectivity index is 1.74. The fourth-order valence-corrected chi connectivity index (χ4v) is 5.54. The average Bonchev–Trinajstić information content (AvgIpc) is 3.10. The van der Waals surface area contributed by atoms with E-state index in [1.54, 1.807) is 0 Å². The molecule has 0 radical (unpaired) electrons. The van der Waals surface area contributed by atoms with Crippen molar-refractivity contribution in [3.63, 3.8) is 0 Å². The van der Waals surface area contributed by atoms with Gasteiger partial charge in [0.25, 0.3) is 0 Å². The third-order valence-corrected chi connectivity index (χ3v) is 7.56. The van der Waals surface area contributed by atoms with Crippen LogP contribution in [-0.2, 0) is 20.5 Å². The van der Waals surface area contributed by atoms with Gasteiger partial charge in [-0.25, -0.2) is 0 Å². The van der Waals surface area contributed by atoms with E-state index in [0.29, 0.717) is 17.7 Å². The van der Waals surface area contributed by atoms with E-state index in [9.17, 15) is 26.9 Å². The van der Waals surface area contributed by atoms with E-state index in [1.807, 2.05) is 50.3 Å². The topological polar surface area (TPSA) is 67.2 Å². The standard InChI is InChI=1S/C24H20F3NO3S2/c1-16-6-4-5-7-20(16)21(15-28)22-12-13-23(3,32-22)14-17(2)31-33(29,30)19-10-8-18(9-11-19)24(25,26)27/h4-13H,2,14H2,1,3H3/b22-21+. The van der Waals surface area contributed by atoms with Crippen molar-refractivity contribution in [2.45, 2.75) is 36.1 Å². The molecule has 2 aromatic rings. The van der Waals surface area contributed by atoms with E-state index in [2.05, 4.69) is 12.6 Å². The molecule has 1 aliphatic heterocycles. The first-order valence-electron chi connectivity index (χ1n) is 9.73. The van der Waals surface area contributed by atoms with Crippen molar-refractivity contribution < 1.29 is 25.8 Å². The van der Waals surface area contributed by atoms with Crippen molar-refractivity contribution in [1.29, 1.82) is 5.26 Å². The summed E-state index contributed by atoms with van der Waals surface area (Å²) >= 11 is 1.39. The molecule has 0 saturated heterocycles. The van der Waals surface area contributed by atoms with Crippen LogP contribution in [0.4, 0.5) is 13.2 Å². The van der Waals surface area contributed by atoms with E-state index >= 15 is 0 Å². The molecular weight excluding hydrogens is 471 g/mol. The summed E-state index contributed by atoms with van der Waals surface area (Å²) in [6, 6.07) is 12.8. The summed E-state index contributed by atoms with van der Waals surface area (Å²) in [6.45, 7) is 7.45. The zero-order valence-electron chi connectivity index (χ0n) is 17.8. The number of hydrogen-bond donors (Lipinski definition) is 0. The molecule has 0 saturated carbocycles. The van der Waals surface area contributed by atoms with E-state index in [4.69, 9.17) is 4.18 Å². The van der Waals surface area contributed by atoms with Crippen LogP contribution in [0.1, 0.15) is 30.0 Å². The predicted molar refractivity (Wildman–Crippen MR) is 122 cm³/mol. The van der Waals surface area contributed by atoms with Crippen molar-refractivity contribution in [1.82, 2.24) is 0 Å². The van der Waals surface area contributed by atoms with Gasteiger partial charge in [0.05, 0.1) is 11.1 Å².